The molecule has 1 saturated carbocycles. The Morgan fingerprint density at radius 2 is 1.86 bits per heavy atom. The third-order valence-corrected chi connectivity index (χ3v) is 5.24. The maximum absolute atomic E-state index is 3.51. The van der Waals surface area contributed by atoms with E-state index >= 15 is 0 Å². The van der Waals surface area contributed by atoms with E-state index in [1.807, 2.05) is 0 Å². The Hall–Kier alpha value is -0.380. The summed E-state index contributed by atoms with van der Waals surface area (Å²) in [5.74, 6) is 0.935. The highest BCUT2D eigenvalue weighted by Crippen LogP contribution is 2.25. The van der Waals surface area contributed by atoms with Gasteiger partial charge < -0.3 is 10.2 Å². The second-order valence-electron chi connectivity index (χ2n) is 6.45. The van der Waals surface area contributed by atoms with Gasteiger partial charge in [0.2, 0.25) is 0 Å². The lowest BCUT2D eigenvalue weighted by Gasteiger charge is -2.28. The van der Waals surface area contributed by atoms with Crippen LogP contribution in [0.5, 0.6) is 0 Å². The van der Waals surface area contributed by atoms with E-state index in [1.54, 1.807) is 0 Å². The lowest BCUT2D eigenvalue weighted by Crippen LogP contribution is -2.30. The third-order valence-electron chi connectivity index (χ3n) is 4.71. The molecule has 0 radical (unpaired) electrons. The van der Waals surface area contributed by atoms with Crippen molar-refractivity contribution in [3.8, 4) is 0 Å². The zero-order valence-electron chi connectivity index (χ0n) is 13.4. The van der Waals surface area contributed by atoms with Gasteiger partial charge in [-0.3, -0.25) is 0 Å². The van der Waals surface area contributed by atoms with E-state index in [2.05, 4.69) is 64.5 Å². The van der Waals surface area contributed by atoms with Crippen LogP contribution in [0.1, 0.15) is 50.1 Å². The van der Waals surface area contributed by atoms with Crippen molar-refractivity contribution in [2.45, 2.75) is 44.6 Å². The maximum Gasteiger partial charge on any atom is 0.0329 e. The minimum absolute atomic E-state index is 0.451. The van der Waals surface area contributed by atoms with Crippen LogP contribution >= 0.6 is 15.9 Å². The minimum Gasteiger partial charge on any atom is -0.313 e. The zero-order chi connectivity index (χ0) is 15.1. The summed E-state index contributed by atoms with van der Waals surface area (Å²) in [6, 6.07) is 9.14. The van der Waals surface area contributed by atoms with Gasteiger partial charge in [0.25, 0.3) is 0 Å². The van der Waals surface area contributed by atoms with E-state index in [9.17, 15) is 0 Å². The van der Waals surface area contributed by atoms with Crippen molar-refractivity contribution in [3.63, 3.8) is 0 Å². The van der Waals surface area contributed by atoms with Crippen molar-refractivity contribution in [2.75, 3.05) is 27.2 Å². The van der Waals surface area contributed by atoms with Gasteiger partial charge >= 0.3 is 0 Å². The van der Waals surface area contributed by atoms with Gasteiger partial charge in [0.05, 0.1) is 0 Å². The van der Waals surface area contributed by atoms with E-state index in [1.165, 1.54) is 50.6 Å². The van der Waals surface area contributed by atoms with Crippen LogP contribution < -0.4 is 5.32 Å². The van der Waals surface area contributed by atoms with Crippen molar-refractivity contribution in [1.29, 1.82) is 0 Å². The Labute approximate surface area is 138 Å². The number of nitrogens with zero attached hydrogens (tertiary/aromatic N) is 1. The quantitative estimate of drug-likeness (QED) is 0.770. The van der Waals surface area contributed by atoms with Gasteiger partial charge in [0.1, 0.15) is 0 Å². The molecule has 118 valence electrons. The Kier molecular flexibility index (Phi) is 7.21. The van der Waals surface area contributed by atoms with Crippen LogP contribution in [0.3, 0.4) is 0 Å². The molecular formula is C18H29BrN2. The summed E-state index contributed by atoms with van der Waals surface area (Å²) in [6.45, 7) is 2.44. The molecule has 2 rings (SSSR count). The normalized spacial score (nSPS) is 18.1. The first-order valence-corrected chi connectivity index (χ1v) is 9.09. The second-order valence-corrected chi connectivity index (χ2v) is 7.36. The molecule has 0 saturated heterocycles. The molecule has 1 aliphatic carbocycles. The molecule has 0 heterocycles. The summed E-state index contributed by atoms with van der Waals surface area (Å²) >= 11 is 3.51. The van der Waals surface area contributed by atoms with Crippen molar-refractivity contribution in [1.82, 2.24) is 10.2 Å². The molecule has 0 amide bonds. The fourth-order valence-electron chi connectivity index (χ4n) is 3.42. The number of halogens is 1. The monoisotopic (exact) mass is 352 g/mol. The first-order chi connectivity index (χ1) is 10.2. The molecule has 1 aliphatic rings. The molecule has 21 heavy (non-hydrogen) atoms. The van der Waals surface area contributed by atoms with E-state index in [0.717, 1.165) is 16.9 Å². The van der Waals surface area contributed by atoms with Gasteiger partial charge in [-0.15, -0.1) is 0 Å². The molecule has 1 fully saturated rings. The number of benzene rings is 1. The molecule has 0 bridgehead atoms. The van der Waals surface area contributed by atoms with Crippen molar-refractivity contribution >= 4 is 15.9 Å². The van der Waals surface area contributed by atoms with E-state index < -0.39 is 0 Å². The fraction of sp³-hybridized carbons (Fsp3) is 0.667. The summed E-state index contributed by atoms with van der Waals surface area (Å²) in [4.78, 5) is 2.53. The van der Waals surface area contributed by atoms with Gasteiger partial charge in [0, 0.05) is 17.1 Å². The fourth-order valence-corrected chi connectivity index (χ4v) is 3.69. The SMILES string of the molecule is CNC(CCN(C)CC1CCCCC1)c1ccc(Br)cc1. The predicted molar refractivity (Wildman–Crippen MR) is 94.6 cm³/mol. The summed E-state index contributed by atoms with van der Waals surface area (Å²) in [5, 5.41) is 3.45. The third kappa shape index (κ3) is 5.72. The lowest BCUT2D eigenvalue weighted by molar-refractivity contribution is 0.225. The van der Waals surface area contributed by atoms with Crippen molar-refractivity contribution in [2.24, 2.45) is 5.92 Å². The summed E-state index contributed by atoms with van der Waals surface area (Å²) in [5.41, 5.74) is 1.38. The Bertz CT molecular complexity index is 398. The number of rotatable bonds is 7. The molecule has 1 atom stereocenters. The molecule has 1 N–H and O–H groups in total. The van der Waals surface area contributed by atoms with Crippen molar-refractivity contribution < 1.29 is 0 Å². The number of hydrogen-bond donors (Lipinski definition) is 1. The van der Waals surface area contributed by atoms with Crippen LogP contribution in [0.4, 0.5) is 0 Å². The average molecular weight is 353 g/mol. The van der Waals surface area contributed by atoms with Gasteiger partial charge in [-0.1, -0.05) is 47.3 Å². The van der Waals surface area contributed by atoms with Gasteiger partial charge in [-0.25, -0.2) is 0 Å². The minimum atomic E-state index is 0.451. The summed E-state index contributed by atoms with van der Waals surface area (Å²) in [6.07, 6.45) is 8.37. The molecule has 1 aromatic carbocycles. The average Bonchev–Trinajstić information content (AvgIpc) is 2.50. The van der Waals surface area contributed by atoms with E-state index in [0.29, 0.717) is 6.04 Å². The molecule has 1 aromatic rings. The van der Waals surface area contributed by atoms with Crippen LogP contribution in [0.2, 0.25) is 0 Å². The topological polar surface area (TPSA) is 15.3 Å². The Morgan fingerprint density at radius 3 is 2.48 bits per heavy atom. The highest BCUT2D eigenvalue weighted by Gasteiger charge is 2.16. The zero-order valence-corrected chi connectivity index (χ0v) is 15.0. The van der Waals surface area contributed by atoms with E-state index in [-0.39, 0.29) is 0 Å². The molecule has 0 aromatic heterocycles. The second kappa shape index (κ2) is 8.92. The molecule has 0 spiro atoms. The van der Waals surface area contributed by atoms with Crippen LogP contribution in [0, 0.1) is 5.92 Å². The summed E-state index contributed by atoms with van der Waals surface area (Å²) in [7, 11) is 4.34. The highest BCUT2D eigenvalue weighted by atomic mass is 79.9. The van der Waals surface area contributed by atoms with Crippen LogP contribution in [-0.4, -0.2) is 32.1 Å². The Balaban J connectivity index is 1.77. The van der Waals surface area contributed by atoms with Gasteiger partial charge in [0.15, 0.2) is 0 Å². The smallest absolute Gasteiger partial charge is 0.0329 e. The first-order valence-electron chi connectivity index (χ1n) is 8.30. The summed E-state index contributed by atoms with van der Waals surface area (Å²) < 4.78 is 1.15. The van der Waals surface area contributed by atoms with Crippen LogP contribution in [-0.2, 0) is 0 Å². The van der Waals surface area contributed by atoms with Crippen LogP contribution in [0.15, 0.2) is 28.7 Å². The molecule has 1 unspecified atom stereocenters. The first kappa shape index (κ1) is 17.0. The van der Waals surface area contributed by atoms with Crippen LogP contribution in [0.25, 0.3) is 0 Å². The number of nitrogens with one attached hydrogen (secondary N) is 1. The number of hydrogen-bond acceptors (Lipinski definition) is 2. The standard InChI is InChI=1S/C18H29BrN2/c1-20-18(16-8-10-17(19)11-9-16)12-13-21(2)14-15-6-4-3-5-7-15/h8-11,15,18,20H,3-7,12-14H2,1-2H3. The molecular weight excluding hydrogens is 324 g/mol. The molecule has 3 heteroatoms. The highest BCUT2D eigenvalue weighted by molar-refractivity contribution is 9.10. The molecule has 2 nitrogen and oxygen atoms in total. The molecule has 0 aliphatic heterocycles. The van der Waals surface area contributed by atoms with E-state index in [4.69, 9.17) is 0 Å². The lowest BCUT2D eigenvalue weighted by atomic mass is 9.89. The predicted octanol–water partition coefficient (Wildman–Crippen LogP) is 4.61. The maximum atomic E-state index is 3.51. The Morgan fingerprint density at radius 1 is 1.19 bits per heavy atom. The van der Waals surface area contributed by atoms with Crippen molar-refractivity contribution in [3.05, 3.63) is 34.3 Å². The van der Waals surface area contributed by atoms with Gasteiger partial charge in [-0.05, 0) is 63.5 Å². The van der Waals surface area contributed by atoms with Gasteiger partial charge in [-0.2, -0.15) is 0 Å². The largest absolute Gasteiger partial charge is 0.313 e.